The molecule has 2 rings (SSSR count). The van der Waals surface area contributed by atoms with Crippen LogP contribution in [0, 0.1) is 5.92 Å². The van der Waals surface area contributed by atoms with Crippen molar-refractivity contribution in [1.82, 2.24) is 9.88 Å². The molecule has 1 aromatic rings. The van der Waals surface area contributed by atoms with Gasteiger partial charge >= 0.3 is 0 Å². The first kappa shape index (κ1) is 11.6. The van der Waals surface area contributed by atoms with E-state index in [-0.39, 0.29) is 0 Å². The van der Waals surface area contributed by atoms with Crippen molar-refractivity contribution in [2.75, 3.05) is 13.1 Å². The Morgan fingerprint density at radius 1 is 1.56 bits per heavy atom. The number of aromatic nitrogens is 1. The van der Waals surface area contributed by atoms with Gasteiger partial charge in [0.05, 0.1) is 0 Å². The summed E-state index contributed by atoms with van der Waals surface area (Å²) < 4.78 is 0. The molecule has 3 heteroatoms. The van der Waals surface area contributed by atoms with Gasteiger partial charge in [-0.25, -0.2) is 0 Å². The Bertz CT molecular complexity index is 312. The predicted molar refractivity (Wildman–Crippen MR) is 65.9 cm³/mol. The Labute approximate surface area is 97.7 Å². The number of likely N-dealkylation sites (tertiary alicyclic amines) is 1. The molecule has 3 nitrogen and oxygen atoms in total. The molecule has 88 valence electrons. The number of nitrogens with zero attached hydrogens (tertiary/aromatic N) is 2. The number of hydrogen-bond acceptors (Lipinski definition) is 3. The predicted octanol–water partition coefficient (Wildman–Crippen LogP) is 1.64. The molecule has 0 bridgehead atoms. The second-order valence-corrected chi connectivity index (χ2v) is 4.85. The highest BCUT2D eigenvalue weighted by molar-refractivity contribution is 5.08. The molecule has 0 spiro atoms. The molecule has 0 aromatic carbocycles. The number of piperidine rings is 1. The van der Waals surface area contributed by atoms with Gasteiger partial charge in [0.2, 0.25) is 0 Å². The van der Waals surface area contributed by atoms with Crippen LogP contribution in [0.4, 0.5) is 0 Å². The number of nitrogens with two attached hydrogens (primary N) is 1. The highest BCUT2D eigenvalue weighted by Crippen LogP contribution is 2.23. The van der Waals surface area contributed by atoms with Gasteiger partial charge in [0.25, 0.3) is 0 Å². The summed E-state index contributed by atoms with van der Waals surface area (Å²) in [4.78, 5) is 6.66. The molecule has 16 heavy (non-hydrogen) atoms. The SMILES string of the molecule is CC1CCN(Cc2cccnc2)C(CN)C1. The van der Waals surface area contributed by atoms with Crippen LogP contribution in [0.25, 0.3) is 0 Å². The molecule has 0 amide bonds. The molecule has 2 atom stereocenters. The summed E-state index contributed by atoms with van der Waals surface area (Å²) in [5.41, 5.74) is 7.14. The second kappa shape index (κ2) is 5.41. The number of pyridine rings is 1. The summed E-state index contributed by atoms with van der Waals surface area (Å²) in [6.45, 7) is 5.25. The van der Waals surface area contributed by atoms with Gasteiger partial charge in [0, 0.05) is 31.5 Å². The maximum atomic E-state index is 5.85. The third-order valence-corrected chi connectivity index (χ3v) is 3.48. The first-order valence-electron chi connectivity index (χ1n) is 6.12. The molecular formula is C13H21N3. The summed E-state index contributed by atoms with van der Waals surface area (Å²) in [7, 11) is 0. The molecule has 1 aliphatic heterocycles. The molecule has 1 aliphatic rings. The largest absolute Gasteiger partial charge is 0.329 e. The highest BCUT2D eigenvalue weighted by atomic mass is 15.2. The van der Waals surface area contributed by atoms with Gasteiger partial charge in [-0.15, -0.1) is 0 Å². The Hall–Kier alpha value is -0.930. The minimum atomic E-state index is 0.545. The van der Waals surface area contributed by atoms with Gasteiger partial charge < -0.3 is 5.73 Å². The Morgan fingerprint density at radius 2 is 2.44 bits per heavy atom. The van der Waals surface area contributed by atoms with E-state index in [0.717, 1.165) is 25.6 Å². The maximum Gasteiger partial charge on any atom is 0.0312 e. The Balaban J connectivity index is 1.98. The normalized spacial score (nSPS) is 26.9. The van der Waals surface area contributed by atoms with E-state index in [1.54, 1.807) is 0 Å². The molecule has 2 unspecified atom stereocenters. The average molecular weight is 219 g/mol. The van der Waals surface area contributed by atoms with Gasteiger partial charge in [-0.3, -0.25) is 9.88 Å². The van der Waals surface area contributed by atoms with E-state index in [2.05, 4.69) is 22.9 Å². The molecule has 0 saturated carbocycles. The zero-order valence-corrected chi connectivity index (χ0v) is 9.97. The van der Waals surface area contributed by atoms with Crippen LogP contribution in [0.3, 0.4) is 0 Å². The van der Waals surface area contributed by atoms with Crippen molar-refractivity contribution in [3.63, 3.8) is 0 Å². The second-order valence-electron chi connectivity index (χ2n) is 4.85. The standard InChI is InChI=1S/C13H21N3/c1-11-4-6-16(13(7-11)8-14)10-12-3-2-5-15-9-12/h2-3,5,9,11,13H,4,6-8,10,14H2,1H3. The van der Waals surface area contributed by atoms with Crippen LogP contribution in [0.5, 0.6) is 0 Å². The van der Waals surface area contributed by atoms with Crippen LogP contribution in [-0.2, 0) is 6.54 Å². The number of rotatable bonds is 3. The molecule has 1 fully saturated rings. The zero-order valence-electron chi connectivity index (χ0n) is 9.97. The summed E-state index contributed by atoms with van der Waals surface area (Å²) in [5, 5.41) is 0. The first-order chi connectivity index (χ1) is 7.79. The van der Waals surface area contributed by atoms with E-state index in [4.69, 9.17) is 5.73 Å². The third-order valence-electron chi connectivity index (χ3n) is 3.48. The lowest BCUT2D eigenvalue weighted by atomic mass is 9.92. The fourth-order valence-electron chi connectivity index (χ4n) is 2.48. The summed E-state index contributed by atoms with van der Waals surface area (Å²) >= 11 is 0. The van der Waals surface area contributed by atoms with Crippen molar-refractivity contribution in [2.45, 2.75) is 32.4 Å². The summed E-state index contributed by atoms with van der Waals surface area (Å²) in [5.74, 6) is 0.818. The molecule has 0 aliphatic carbocycles. The topological polar surface area (TPSA) is 42.2 Å². The van der Waals surface area contributed by atoms with E-state index >= 15 is 0 Å². The monoisotopic (exact) mass is 219 g/mol. The van der Waals surface area contributed by atoms with Gasteiger partial charge in [-0.05, 0) is 36.9 Å². The van der Waals surface area contributed by atoms with Crippen molar-refractivity contribution in [2.24, 2.45) is 11.7 Å². The van der Waals surface area contributed by atoms with E-state index < -0.39 is 0 Å². The Kier molecular flexibility index (Phi) is 3.91. The van der Waals surface area contributed by atoms with Crippen molar-refractivity contribution in [3.05, 3.63) is 30.1 Å². The maximum absolute atomic E-state index is 5.85. The van der Waals surface area contributed by atoms with Crippen LogP contribution >= 0.6 is 0 Å². The molecule has 2 heterocycles. The molecule has 0 radical (unpaired) electrons. The van der Waals surface area contributed by atoms with Crippen LogP contribution in [-0.4, -0.2) is 29.0 Å². The van der Waals surface area contributed by atoms with Crippen LogP contribution in [0.2, 0.25) is 0 Å². The smallest absolute Gasteiger partial charge is 0.0312 e. The Morgan fingerprint density at radius 3 is 3.12 bits per heavy atom. The van der Waals surface area contributed by atoms with Crippen molar-refractivity contribution in [1.29, 1.82) is 0 Å². The van der Waals surface area contributed by atoms with Gasteiger partial charge in [-0.2, -0.15) is 0 Å². The molecule has 2 N–H and O–H groups in total. The average Bonchev–Trinajstić information content (AvgIpc) is 2.33. The third kappa shape index (κ3) is 2.80. The molecule has 1 saturated heterocycles. The lowest BCUT2D eigenvalue weighted by Crippen LogP contribution is -2.45. The first-order valence-corrected chi connectivity index (χ1v) is 6.12. The minimum Gasteiger partial charge on any atom is -0.329 e. The van der Waals surface area contributed by atoms with E-state index in [1.807, 2.05) is 18.5 Å². The quantitative estimate of drug-likeness (QED) is 0.840. The van der Waals surface area contributed by atoms with Gasteiger partial charge in [0.15, 0.2) is 0 Å². The molecule has 1 aromatic heterocycles. The lowest BCUT2D eigenvalue weighted by Gasteiger charge is -2.37. The number of hydrogen-bond donors (Lipinski definition) is 1. The van der Waals surface area contributed by atoms with E-state index in [0.29, 0.717) is 6.04 Å². The van der Waals surface area contributed by atoms with Crippen molar-refractivity contribution < 1.29 is 0 Å². The van der Waals surface area contributed by atoms with Crippen LogP contribution in [0.15, 0.2) is 24.5 Å². The summed E-state index contributed by atoms with van der Waals surface area (Å²) in [6.07, 6.45) is 6.29. The van der Waals surface area contributed by atoms with Gasteiger partial charge in [-0.1, -0.05) is 13.0 Å². The minimum absolute atomic E-state index is 0.545. The highest BCUT2D eigenvalue weighted by Gasteiger charge is 2.24. The van der Waals surface area contributed by atoms with Crippen LogP contribution < -0.4 is 5.73 Å². The summed E-state index contributed by atoms with van der Waals surface area (Å²) in [6, 6.07) is 4.68. The van der Waals surface area contributed by atoms with Crippen molar-refractivity contribution in [3.8, 4) is 0 Å². The zero-order chi connectivity index (χ0) is 11.4. The van der Waals surface area contributed by atoms with Crippen molar-refractivity contribution >= 4 is 0 Å². The fourth-order valence-corrected chi connectivity index (χ4v) is 2.48. The fraction of sp³-hybridized carbons (Fsp3) is 0.615. The lowest BCUT2D eigenvalue weighted by molar-refractivity contribution is 0.115. The van der Waals surface area contributed by atoms with Gasteiger partial charge in [0.1, 0.15) is 0 Å². The molecular weight excluding hydrogens is 198 g/mol. The van der Waals surface area contributed by atoms with E-state index in [9.17, 15) is 0 Å². The van der Waals surface area contributed by atoms with Crippen LogP contribution in [0.1, 0.15) is 25.3 Å². The van der Waals surface area contributed by atoms with E-state index in [1.165, 1.54) is 18.4 Å².